The van der Waals surface area contributed by atoms with Crippen molar-refractivity contribution in [2.75, 3.05) is 12.4 Å². The second-order valence-electron chi connectivity index (χ2n) is 7.02. The number of alkyl carbamates (subject to hydrolysis) is 1. The van der Waals surface area contributed by atoms with Gasteiger partial charge in [-0.25, -0.2) is 9.78 Å². The molecule has 0 bridgehead atoms. The van der Waals surface area contributed by atoms with Gasteiger partial charge in [-0.05, 0) is 33.1 Å². The summed E-state index contributed by atoms with van der Waals surface area (Å²) in [4.78, 5) is 28.1. The molecular formula is C18H25N5O4S. The van der Waals surface area contributed by atoms with Crippen LogP contribution in [-0.2, 0) is 16.0 Å². The fourth-order valence-electron chi connectivity index (χ4n) is 3.21. The van der Waals surface area contributed by atoms with E-state index < -0.39 is 0 Å². The number of H-pyrrole nitrogens is 1. The lowest BCUT2D eigenvalue weighted by atomic mass is 10.0. The second kappa shape index (κ2) is 9.05. The first kappa shape index (κ1) is 20.1. The lowest BCUT2D eigenvalue weighted by Gasteiger charge is -2.14. The number of aromatic amines is 1. The van der Waals surface area contributed by atoms with Crippen LogP contribution in [-0.4, -0.2) is 46.4 Å². The molecule has 0 unspecified atom stereocenters. The van der Waals surface area contributed by atoms with Gasteiger partial charge in [0.05, 0.1) is 25.8 Å². The molecule has 10 heteroatoms. The Kier molecular flexibility index (Phi) is 6.50. The largest absolute Gasteiger partial charge is 0.486 e. The monoisotopic (exact) mass is 407 g/mol. The van der Waals surface area contributed by atoms with E-state index in [4.69, 9.17) is 9.47 Å². The Hall–Kier alpha value is -2.62. The molecule has 2 heterocycles. The van der Waals surface area contributed by atoms with Gasteiger partial charge in [0.2, 0.25) is 5.91 Å². The smallest absolute Gasteiger partial charge is 0.407 e. The number of hydrogen-bond donors (Lipinski definition) is 3. The lowest BCUT2D eigenvalue weighted by Crippen LogP contribution is -2.34. The predicted octanol–water partition coefficient (Wildman–Crippen LogP) is 2.83. The van der Waals surface area contributed by atoms with Crippen molar-refractivity contribution in [3.05, 3.63) is 23.0 Å². The van der Waals surface area contributed by atoms with Gasteiger partial charge >= 0.3 is 6.09 Å². The molecule has 0 aliphatic heterocycles. The maximum Gasteiger partial charge on any atom is 0.407 e. The van der Waals surface area contributed by atoms with Crippen molar-refractivity contribution in [2.45, 2.75) is 57.6 Å². The van der Waals surface area contributed by atoms with Gasteiger partial charge in [0.15, 0.2) is 10.9 Å². The van der Waals surface area contributed by atoms with Crippen molar-refractivity contribution in [1.82, 2.24) is 20.5 Å². The highest BCUT2D eigenvalue weighted by molar-refractivity contribution is 7.13. The van der Waals surface area contributed by atoms with E-state index in [0.717, 1.165) is 25.0 Å². The zero-order valence-electron chi connectivity index (χ0n) is 16.2. The van der Waals surface area contributed by atoms with Crippen LogP contribution in [0.1, 0.15) is 49.7 Å². The number of carbonyl (C=O) groups is 2. The Labute approximate surface area is 167 Å². The SMILES string of the molecule is COc1cnc(CC(=O)Nc2cc([C@H]3CC[C@@H](NC(=O)OC(C)C)C3)[nH]n2)s1. The number of hydrogen-bond acceptors (Lipinski definition) is 7. The molecule has 2 aromatic heterocycles. The van der Waals surface area contributed by atoms with Crippen LogP contribution in [0.4, 0.5) is 10.6 Å². The van der Waals surface area contributed by atoms with Gasteiger partial charge in [-0.15, -0.1) is 0 Å². The Bertz CT molecular complexity index is 819. The molecule has 1 aliphatic rings. The number of ether oxygens (including phenoxy) is 2. The van der Waals surface area contributed by atoms with Crippen molar-refractivity contribution in [3.8, 4) is 5.06 Å². The lowest BCUT2D eigenvalue weighted by molar-refractivity contribution is -0.115. The first-order chi connectivity index (χ1) is 13.4. The molecule has 3 N–H and O–H groups in total. The molecular weight excluding hydrogens is 382 g/mol. The highest BCUT2D eigenvalue weighted by atomic mass is 32.1. The van der Waals surface area contributed by atoms with Gasteiger partial charge in [0.1, 0.15) is 5.01 Å². The molecule has 2 aromatic rings. The molecule has 2 amide bonds. The molecule has 0 spiro atoms. The number of amides is 2. The number of thiazole rings is 1. The van der Waals surface area contributed by atoms with Crippen molar-refractivity contribution >= 4 is 29.2 Å². The average Bonchev–Trinajstić information content (AvgIpc) is 3.34. The van der Waals surface area contributed by atoms with E-state index in [2.05, 4.69) is 25.8 Å². The Balaban J connectivity index is 1.48. The maximum absolute atomic E-state index is 12.2. The fourth-order valence-corrected chi connectivity index (χ4v) is 3.94. The van der Waals surface area contributed by atoms with Gasteiger partial charge in [-0.2, -0.15) is 5.10 Å². The molecule has 0 radical (unpaired) electrons. The van der Waals surface area contributed by atoms with E-state index in [1.54, 1.807) is 13.3 Å². The highest BCUT2D eigenvalue weighted by Gasteiger charge is 2.29. The number of nitrogens with one attached hydrogen (secondary N) is 3. The summed E-state index contributed by atoms with van der Waals surface area (Å²) in [5, 5.41) is 14.2. The minimum absolute atomic E-state index is 0.0810. The summed E-state index contributed by atoms with van der Waals surface area (Å²) >= 11 is 1.34. The van der Waals surface area contributed by atoms with Crippen LogP contribution in [0.15, 0.2) is 12.3 Å². The quantitative estimate of drug-likeness (QED) is 0.649. The van der Waals surface area contributed by atoms with Crippen LogP contribution in [0.5, 0.6) is 5.06 Å². The first-order valence-electron chi connectivity index (χ1n) is 9.24. The van der Waals surface area contributed by atoms with E-state index in [9.17, 15) is 9.59 Å². The summed E-state index contributed by atoms with van der Waals surface area (Å²) in [5.74, 6) is 0.558. The van der Waals surface area contributed by atoms with Crippen LogP contribution in [0.2, 0.25) is 0 Å². The highest BCUT2D eigenvalue weighted by Crippen LogP contribution is 2.34. The molecule has 152 valence electrons. The second-order valence-corrected chi connectivity index (χ2v) is 8.09. The summed E-state index contributed by atoms with van der Waals surface area (Å²) < 4.78 is 10.2. The maximum atomic E-state index is 12.2. The molecule has 1 fully saturated rings. The van der Waals surface area contributed by atoms with Gasteiger partial charge in [0, 0.05) is 23.7 Å². The summed E-state index contributed by atoms with van der Waals surface area (Å²) in [5.41, 5.74) is 0.952. The van der Waals surface area contributed by atoms with E-state index in [1.165, 1.54) is 11.3 Å². The number of rotatable bonds is 7. The summed E-state index contributed by atoms with van der Waals surface area (Å²) in [6.07, 6.45) is 3.87. The molecule has 2 atom stereocenters. The average molecular weight is 407 g/mol. The topological polar surface area (TPSA) is 118 Å². The van der Waals surface area contributed by atoms with E-state index in [0.29, 0.717) is 15.9 Å². The molecule has 0 saturated heterocycles. The van der Waals surface area contributed by atoms with Crippen LogP contribution < -0.4 is 15.4 Å². The van der Waals surface area contributed by atoms with E-state index in [-0.39, 0.29) is 36.5 Å². The number of carbonyl (C=O) groups excluding carboxylic acids is 2. The molecule has 9 nitrogen and oxygen atoms in total. The predicted molar refractivity (Wildman–Crippen MR) is 105 cm³/mol. The third-order valence-electron chi connectivity index (χ3n) is 4.45. The minimum Gasteiger partial charge on any atom is -0.486 e. The van der Waals surface area contributed by atoms with Crippen molar-refractivity contribution in [3.63, 3.8) is 0 Å². The third kappa shape index (κ3) is 5.44. The number of nitrogens with zero attached hydrogens (tertiary/aromatic N) is 2. The zero-order valence-corrected chi connectivity index (χ0v) is 17.0. The molecule has 1 aliphatic carbocycles. The van der Waals surface area contributed by atoms with Crippen molar-refractivity contribution < 1.29 is 19.1 Å². The number of aromatic nitrogens is 3. The first-order valence-corrected chi connectivity index (χ1v) is 10.1. The Morgan fingerprint density at radius 1 is 1.39 bits per heavy atom. The Morgan fingerprint density at radius 2 is 2.21 bits per heavy atom. The standard InChI is InChI=1S/C18H25N5O4S/c1-10(2)27-18(25)20-12-5-4-11(6-12)13-7-14(23-22-13)21-15(24)8-16-19-9-17(26-3)28-16/h7,9-12H,4-6,8H2,1-3H3,(H,20,25)(H2,21,22,23,24)/t11-,12+/m0/s1. The molecule has 0 aromatic carbocycles. The summed E-state index contributed by atoms with van der Waals surface area (Å²) in [6, 6.07) is 1.93. The molecule has 28 heavy (non-hydrogen) atoms. The Morgan fingerprint density at radius 3 is 2.93 bits per heavy atom. The van der Waals surface area contributed by atoms with Gasteiger partial charge in [0.25, 0.3) is 0 Å². The van der Waals surface area contributed by atoms with Crippen LogP contribution in [0.25, 0.3) is 0 Å². The number of anilines is 1. The summed E-state index contributed by atoms with van der Waals surface area (Å²) in [7, 11) is 1.57. The third-order valence-corrected chi connectivity index (χ3v) is 5.41. The van der Waals surface area contributed by atoms with E-state index >= 15 is 0 Å². The van der Waals surface area contributed by atoms with Crippen molar-refractivity contribution in [1.29, 1.82) is 0 Å². The van der Waals surface area contributed by atoms with E-state index in [1.807, 2.05) is 19.9 Å². The van der Waals surface area contributed by atoms with Crippen LogP contribution in [0, 0.1) is 0 Å². The van der Waals surface area contributed by atoms with Gasteiger partial charge in [-0.3, -0.25) is 9.89 Å². The zero-order chi connectivity index (χ0) is 20.1. The van der Waals surface area contributed by atoms with Crippen LogP contribution in [0.3, 0.4) is 0 Å². The van der Waals surface area contributed by atoms with Crippen molar-refractivity contribution in [2.24, 2.45) is 0 Å². The number of methoxy groups -OCH3 is 1. The fraction of sp³-hybridized carbons (Fsp3) is 0.556. The normalized spacial score (nSPS) is 18.9. The van der Waals surface area contributed by atoms with Crippen LogP contribution >= 0.6 is 11.3 Å². The minimum atomic E-state index is -0.378. The molecule has 3 rings (SSSR count). The molecule has 1 saturated carbocycles. The van der Waals surface area contributed by atoms with Gasteiger partial charge in [-0.1, -0.05) is 11.3 Å². The van der Waals surface area contributed by atoms with Gasteiger partial charge < -0.3 is 20.1 Å². The summed E-state index contributed by atoms with van der Waals surface area (Å²) in [6.45, 7) is 3.64.